The van der Waals surface area contributed by atoms with Crippen molar-refractivity contribution in [3.05, 3.63) is 0 Å². The smallest absolute Gasteiger partial charge is 0.136 e. The highest BCUT2D eigenvalue weighted by molar-refractivity contribution is 5.82. The van der Waals surface area contributed by atoms with Crippen molar-refractivity contribution in [2.24, 2.45) is 11.3 Å². The third-order valence-electron chi connectivity index (χ3n) is 4.46. The minimum atomic E-state index is -0.0320. The Morgan fingerprint density at radius 1 is 1.13 bits per heavy atom. The van der Waals surface area contributed by atoms with Gasteiger partial charge in [0.05, 0.1) is 0 Å². The summed E-state index contributed by atoms with van der Waals surface area (Å²) in [5, 5.41) is 9.66. The molecular formula is C13H22O2. The van der Waals surface area contributed by atoms with Crippen molar-refractivity contribution < 1.29 is 9.90 Å². The number of Topliss-reactive ketones (excluding diaryl/α,β-unsaturated/α-hetero) is 1. The Kier molecular flexibility index (Phi) is 3.45. The van der Waals surface area contributed by atoms with Crippen LogP contribution in [0.25, 0.3) is 0 Å². The molecule has 0 bridgehead atoms. The Morgan fingerprint density at radius 2 is 1.87 bits per heavy atom. The molecule has 2 fully saturated rings. The summed E-state index contributed by atoms with van der Waals surface area (Å²) in [5.41, 5.74) is -0.0320. The molecule has 2 rings (SSSR count). The Bertz CT molecular complexity index is 229. The SMILES string of the molecule is O=C1CCCCC1C1(CO)CCCCC1. The average molecular weight is 210 g/mol. The van der Waals surface area contributed by atoms with Crippen LogP contribution >= 0.6 is 0 Å². The first-order chi connectivity index (χ1) is 7.28. The summed E-state index contributed by atoms with van der Waals surface area (Å²) < 4.78 is 0. The van der Waals surface area contributed by atoms with Crippen molar-refractivity contribution in [1.29, 1.82) is 0 Å². The summed E-state index contributed by atoms with van der Waals surface area (Å²) in [6.07, 6.45) is 9.85. The normalized spacial score (nSPS) is 31.5. The molecule has 1 atom stereocenters. The summed E-state index contributed by atoms with van der Waals surface area (Å²) in [6.45, 7) is 0.226. The molecule has 0 aromatic rings. The van der Waals surface area contributed by atoms with Crippen LogP contribution in [0.3, 0.4) is 0 Å². The number of aliphatic hydroxyl groups is 1. The fourth-order valence-corrected chi connectivity index (χ4v) is 3.50. The molecule has 0 radical (unpaired) electrons. The van der Waals surface area contributed by atoms with Crippen LogP contribution in [-0.2, 0) is 4.79 Å². The second kappa shape index (κ2) is 4.65. The van der Waals surface area contributed by atoms with E-state index < -0.39 is 0 Å². The minimum absolute atomic E-state index is 0.0320. The van der Waals surface area contributed by atoms with Gasteiger partial charge < -0.3 is 5.11 Å². The summed E-state index contributed by atoms with van der Waals surface area (Å²) in [6, 6.07) is 0. The predicted molar refractivity (Wildman–Crippen MR) is 59.6 cm³/mol. The van der Waals surface area contributed by atoms with Crippen LogP contribution in [0.15, 0.2) is 0 Å². The molecule has 0 saturated heterocycles. The molecule has 1 N–H and O–H groups in total. The standard InChI is InChI=1S/C13H22O2/c14-10-13(8-4-1-5-9-13)11-6-2-3-7-12(11)15/h11,14H,1-10H2. The van der Waals surface area contributed by atoms with Crippen LogP contribution in [0, 0.1) is 11.3 Å². The Hall–Kier alpha value is -0.370. The molecule has 15 heavy (non-hydrogen) atoms. The van der Waals surface area contributed by atoms with E-state index in [0.29, 0.717) is 5.78 Å². The number of carbonyl (C=O) groups is 1. The lowest BCUT2D eigenvalue weighted by Crippen LogP contribution is -2.42. The largest absolute Gasteiger partial charge is 0.396 e. The van der Waals surface area contributed by atoms with Gasteiger partial charge in [-0.1, -0.05) is 25.7 Å². The molecule has 2 saturated carbocycles. The zero-order valence-electron chi connectivity index (χ0n) is 9.50. The zero-order chi connectivity index (χ0) is 10.7. The fraction of sp³-hybridized carbons (Fsp3) is 0.923. The zero-order valence-corrected chi connectivity index (χ0v) is 9.50. The van der Waals surface area contributed by atoms with Crippen LogP contribution in [0.2, 0.25) is 0 Å². The van der Waals surface area contributed by atoms with E-state index in [-0.39, 0.29) is 17.9 Å². The van der Waals surface area contributed by atoms with Gasteiger partial charge in [-0.25, -0.2) is 0 Å². The second-order valence-electron chi connectivity index (χ2n) is 5.35. The van der Waals surface area contributed by atoms with Crippen LogP contribution in [-0.4, -0.2) is 17.5 Å². The van der Waals surface area contributed by atoms with Gasteiger partial charge in [-0.15, -0.1) is 0 Å². The van der Waals surface area contributed by atoms with Crippen LogP contribution < -0.4 is 0 Å². The Labute approximate surface area is 92.1 Å². The lowest BCUT2D eigenvalue weighted by Gasteiger charge is -2.43. The van der Waals surface area contributed by atoms with Crippen LogP contribution in [0.4, 0.5) is 0 Å². The topological polar surface area (TPSA) is 37.3 Å². The lowest BCUT2D eigenvalue weighted by atomic mass is 9.62. The maximum atomic E-state index is 11.9. The van der Waals surface area contributed by atoms with E-state index in [2.05, 4.69) is 0 Å². The molecule has 0 aliphatic heterocycles. The molecule has 2 heteroatoms. The van der Waals surface area contributed by atoms with Crippen molar-refractivity contribution in [1.82, 2.24) is 0 Å². The molecule has 0 amide bonds. The van der Waals surface area contributed by atoms with E-state index in [1.165, 1.54) is 25.7 Å². The summed E-state index contributed by atoms with van der Waals surface area (Å²) >= 11 is 0. The van der Waals surface area contributed by atoms with Gasteiger partial charge in [0.25, 0.3) is 0 Å². The van der Waals surface area contributed by atoms with E-state index in [1.54, 1.807) is 0 Å². The number of ketones is 1. The number of aliphatic hydroxyl groups excluding tert-OH is 1. The van der Waals surface area contributed by atoms with Gasteiger partial charge in [-0.05, 0) is 25.7 Å². The molecule has 0 aromatic carbocycles. The van der Waals surface area contributed by atoms with Crippen LogP contribution in [0.5, 0.6) is 0 Å². The molecule has 2 aliphatic carbocycles. The summed E-state index contributed by atoms with van der Waals surface area (Å²) in [7, 11) is 0. The average Bonchev–Trinajstić information content (AvgIpc) is 2.30. The predicted octanol–water partition coefficient (Wildman–Crippen LogP) is 2.69. The van der Waals surface area contributed by atoms with Crippen molar-refractivity contribution >= 4 is 5.78 Å². The van der Waals surface area contributed by atoms with E-state index in [9.17, 15) is 9.90 Å². The van der Waals surface area contributed by atoms with E-state index in [4.69, 9.17) is 0 Å². The fourth-order valence-electron chi connectivity index (χ4n) is 3.50. The first-order valence-corrected chi connectivity index (χ1v) is 6.42. The second-order valence-corrected chi connectivity index (χ2v) is 5.35. The molecular weight excluding hydrogens is 188 g/mol. The molecule has 0 aromatic heterocycles. The Balaban J connectivity index is 2.12. The van der Waals surface area contributed by atoms with Crippen LogP contribution in [0.1, 0.15) is 57.8 Å². The third-order valence-corrected chi connectivity index (χ3v) is 4.46. The molecule has 1 unspecified atom stereocenters. The summed E-state index contributed by atoms with van der Waals surface area (Å²) in [5.74, 6) is 0.605. The maximum Gasteiger partial charge on any atom is 0.136 e. The maximum absolute atomic E-state index is 11.9. The lowest BCUT2D eigenvalue weighted by molar-refractivity contribution is -0.132. The van der Waals surface area contributed by atoms with Gasteiger partial charge in [0.15, 0.2) is 0 Å². The van der Waals surface area contributed by atoms with Crippen molar-refractivity contribution in [2.45, 2.75) is 57.8 Å². The van der Waals surface area contributed by atoms with Gasteiger partial charge >= 0.3 is 0 Å². The van der Waals surface area contributed by atoms with Crippen molar-refractivity contribution in [2.75, 3.05) is 6.61 Å². The highest BCUT2D eigenvalue weighted by Crippen LogP contribution is 2.46. The first-order valence-electron chi connectivity index (χ1n) is 6.42. The van der Waals surface area contributed by atoms with Gasteiger partial charge in [0.1, 0.15) is 5.78 Å². The number of hydrogen-bond acceptors (Lipinski definition) is 2. The molecule has 2 aliphatic rings. The first kappa shape index (κ1) is 11.1. The third kappa shape index (κ3) is 2.10. The number of rotatable bonds is 2. The van der Waals surface area contributed by atoms with Gasteiger partial charge in [-0.2, -0.15) is 0 Å². The molecule has 2 nitrogen and oxygen atoms in total. The molecule has 0 spiro atoms. The van der Waals surface area contributed by atoms with Crippen molar-refractivity contribution in [3.8, 4) is 0 Å². The monoisotopic (exact) mass is 210 g/mol. The van der Waals surface area contributed by atoms with E-state index >= 15 is 0 Å². The number of carbonyl (C=O) groups excluding carboxylic acids is 1. The Morgan fingerprint density at radius 3 is 2.47 bits per heavy atom. The van der Waals surface area contributed by atoms with Crippen molar-refractivity contribution in [3.63, 3.8) is 0 Å². The molecule has 86 valence electrons. The van der Waals surface area contributed by atoms with E-state index in [0.717, 1.165) is 32.1 Å². The van der Waals surface area contributed by atoms with E-state index in [1.807, 2.05) is 0 Å². The molecule has 0 heterocycles. The minimum Gasteiger partial charge on any atom is -0.396 e. The summed E-state index contributed by atoms with van der Waals surface area (Å²) in [4.78, 5) is 11.9. The van der Waals surface area contributed by atoms with Gasteiger partial charge in [-0.3, -0.25) is 4.79 Å². The highest BCUT2D eigenvalue weighted by atomic mass is 16.3. The number of hydrogen-bond donors (Lipinski definition) is 1. The quantitative estimate of drug-likeness (QED) is 0.761. The highest BCUT2D eigenvalue weighted by Gasteiger charge is 2.43. The van der Waals surface area contributed by atoms with Gasteiger partial charge in [0, 0.05) is 24.4 Å². The van der Waals surface area contributed by atoms with Gasteiger partial charge in [0.2, 0.25) is 0 Å².